The minimum atomic E-state index is -1.08. The number of hydrogen-bond acceptors (Lipinski definition) is 24. The van der Waals surface area contributed by atoms with E-state index in [9.17, 15) is 39.3 Å². The quantitative estimate of drug-likeness (QED) is 0.0508. The molecular formula is C90H148O24. The molecule has 0 aromatic carbocycles. The second-order valence-electron chi connectivity index (χ2n) is 38.3. The summed E-state index contributed by atoms with van der Waals surface area (Å²) in [5.41, 5.74) is -2.51. The van der Waals surface area contributed by atoms with E-state index in [1.165, 1.54) is 21.3 Å². The zero-order valence-electron chi connectivity index (χ0n) is 72.4. The van der Waals surface area contributed by atoms with Crippen LogP contribution in [0.1, 0.15) is 271 Å². The van der Waals surface area contributed by atoms with Gasteiger partial charge in [-0.1, -0.05) is 69.2 Å². The fraction of sp³-hybridized carbons (Fsp3) is 0.944. The molecule has 3 N–H and O–H groups in total. The topological polar surface area (TPSA) is 294 Å². The molecule has 16 aliphatic rings. The van der Waals surface area contributed by atoms with Crippen molar-refractivity contribution in [3.05, 3.63) is 0 Å². The van der Waals surface area contributed by atoms with Crippen LogP contribution in [0.15, 0.2) is 0 Å². The van der Waals surface area contributed by atoms with E-state index in [1.54, 1.807) is 13.8 Å². The number of fused-ring (bicyclic) bond motifs is 25. The van der Waals surface area contributed by atoms with Gasteiger partial charge in [-0.3, -0.25) is 24.0 Å². The number of ether oxygens (including phenoxy) is 16. The van der Waals surface area contributed by atoms with Crippen LogP contribution in [0.5, 0.6) is 0 Å². The van der Waals surface area contributed by atoms with Gasteiger partial charge in [0, 0.05) is 77.9 Å². The zero-order valence-corrected chi connectivity index (χ0v) is 72.4. The maximum atomic E-state index is 12.3. The lowest BCUT2D eigenvalue weighted by Gasteiger charge is -2.38. The third kappa shape index (κ3) is 19.0. The zero-order chi connectivity index (χ0) is 82.2. The van der Waals surface area contributed by atoms with Crippen LogP contribution < -0.4 is 0 Å². The fourth-order valence-electron chi connectivity index (χ4n) is 25.6. The van der Waals surface area contributed by atoms with Gasteiger partial charge in [0.05, 0.1) is 193 Å². The molecule has 16 rings (SSSR count). The van der Waals surface area contributed by atoms with Crippen molar-refractivity contribution in [1.29, 1.82) is 0 Å². The van der Waals surface area contributed by atoms with Crippen LogP contribution in [0.4, 0.5) is 0 Å². The molecule has 0 amide bonds. The molecule has 16 saturated heterocycles. The summed E-state index contributed by atoms with van der Waals surface area (Å²) in [4.78, 5) is 58.7. The van der Waals surface area contributed by atoms with Crippen LogP contribution in [0.3, 0.4) is 0 Å². The average molecular weight is 1610 g/mol. The van der Waals surface area contributed by atoms with Gasteiger partial charge in [0.25, 0.3) is 0 Å². The van der Waals surface area contributed by atoms with Gasteiger partial charge in [-0.15, -0.1) is 0 Å². The number of esters is 5. The molecule has 0 aromatic heterocycles. The van der Waals surface area contributed by atoms with E-state index < -0.39 is 22.9 Å². The maximum absolute atomic E-state index is 12.3. The minimum Gasteiger partial charge on any atom is -0.469 e. The first-order chi connectivity index (χ1) is 54.4. The Kier molecular flexibility index (Phi) is 30.4. The number of carbonyl (C=O) groups is 5. The largest absolute Gasteiger partial charge is 0.469 e. The van der Waals surface area contributed by atoms with E-state index in [0.717, 1.165) is 122 Å². The Labute approximate surface area is 680 Å². The predicted molar refractivity (Wildman–Crippen MR) is 421 cm³/mol. The fourth-order valence-corrected chi connectivity index (χ4v) is 25.6. The first-order valence-corrected chi connectivity index (χ1v) is 45.4. The van der Waals surface area contributed by atoms with Crippen LogP contribution in [0.2, 0.25) is 0 Å². The third-order valence-corrected chi connectivity index (χ3v) is 30.0. The summed E-state index contributed by atoms with van der Waals surface area (Å²) in [7, 11) is 4.07. The van der Waals surface area contributed by atoms with Crippen molar-refractivity contribution in [3.8, 4) is 0 Å². The number of methoxy groups -OCH3 is 3. The maximum Gasteiger partial charge on any atom is 0.308 e. The highest BCUT2D eigenvalue weighted by Crippen LogP contribution is 2.62. The number of aliphatic hydroxyl groups excluding tert-OH is 1. The van der Waals surface area contributed by atoms with E-state index in [2.05, 4.69) is 74.0 Å². The van der Waals surface area contributed by atoms with Gasteiger partial charge in [-0.2, -0.15) is 0 Å². The molecule has 39 atom stereocenters. The average Bonchev–Trinajstić information content (AvgIpc) is 1.58. The van der Waals surface area contributed by atoms with Crippen molar-refractivity contribution in [2.24, 2.45) is 88.8 Å². The molecule has 0 aliphatic carbocycles. The molecule has 114 heavy (non-hydrogen) atoms. The first kappa shape index (κ1) is 90.0. The molecule has 0 saturated carbocycles. The van der Waals surface area contributed by atoms with Gasteiger partial charge in [0.2, 0.25) is 6.29 Å². The molecule has 16 aliphatic heterocycles. The molecular weight excluding hydrogens is 1460 g/mol. The Morgan fingerprint density at radius 2 is 0.763 bits per heavy atom. The number of carbonyl (C=O) groups excluding carboxylic acids is 5. The molecule has 0 radical (unpaired) electrons. The first-order valence-electron chi connectivity index (χ1n) is 45.4. The van der Waals surface area contributed by atoms with E-state index in [1.807, 2.05) is 20.8 Å². The van der Waals surface area contributed by atoms with Crippen molar-refractivity contribution >= 4 is 29.8 Å². The van der Waals surface area contributed by atoms with Gasteiger partial charge in [-0.25, -0.2) is 0 Å². The Bertz CT molecular complexity index is 3140. The Hall–Kier alpha value is -3.21. The lowest BCUT2D eigenvalue weighted by Crippen LogP contribution is -2.48. The van der Waals surface area contributed by atoms with Gasteiger partial charge in [-0.05, 0) is 187 Å². The summed E-state index contributed by atoms with van der Waals surface area (Å²) in [6, 6.07) is 0. The van der Waals surface area contributed by atoms with Crippen LogP contribution in [0, 0.1) is 88.8 Å². The highest BCUT2D eigenvalue weighted by molar-refractivity contribution is 5.72. The van der Waals surface area contributed by atoms with Gasteiger partial charge in [0.15, 0.2) is 0 Å². The number of aliphatic hydroxyl groups is 3. The SMILES string of the molecule is CCC1OC(CC)C2C3OC(CC3C(C)(O)CC(=O)OC)C12.CCC1OC(CC)C2C3OC(CC3CC(=O)OC3CCCCO3)C12.CCC1OC(CC)C2C3OC(CC3CC(C)(O)CC(=O)OC)C12.CCC1OC(CC)C2C3OC(CC3CC(O)CC(=O)OC)C12.CCC1OC(CC)C2C3OC(CC3CCC(=O)OC(C)(C)C)C12. The highest BCUT2D eigenvalue weighted by atomic mass is 16.7. The second-order valence-corrected chi connectivity index (χ2v) is 38.3. The molecule has 24 nitrogen and oxygen atoms in total. The molecule has 24 heteroatoms. The normalized spacial score (nSPS) is 44.6. The van der Waals surface area contributed by atoms with E-state index in [4.69, 9.17) is 71.1 Å². The molecule has 10 bridgehead atoms. The van der Waals surface area contributed by atoms with Gasteiger partial charge in [0.1, 0.15) is 5.60 Å². The summed E-state index contributed by atoms with van der Waals surface area (Å²) < 4.78 is 93.1. The molecule has 39 unspecified atom stereocenters. The van der Waals surface area contributed by atoms with Crippen LogP contribution >= 0.6 is 0 Å². The summed E-state index contributed by atoms with van der Waals surface area (Å²) in [5, 5.41) is 31.5. The van der Waals surface area contributed by atoms with Gasteiger partial charge < -0.3 is 91.1 Å². The van der Waals surface area contributed by atoms with Crippen LogP contribution in [-0.4, -0.2) is 224 Å². The Balaban J connectivity index is 0.000000132. The van der Waals surface area contributed by atoms with E-state index in [-0.39, 0.29) is 153 Å². The van der Waals surface area contributed by atoms with Crippen molar-refractivity contribution < 1.29 is 115 Å². The Morgan fingerprint density at radius 3 is 1.18 bits per heavy atom. The standard InChI is InChI=1S/C19H30O5.C19H32O4.C18H30O5.2C17H28O5/c1-3-12-17-14-9-11(19(23-14)18(17)13(4-2)22-12)10-15(20)24-16-7-5-6-8-21-16;1-6-12-16-14-10-11(8-9-15(20)23-19(3,4)5)18(22-14)17(16)13(7-2)21-12;1-5-11-15-13-7-10(8-18(3,20)9-14(19)21-4)17(23-13)16(15)12(6-2)22-11;1-5-10-14-12-7-9(17(3,19)8-13(18)20-4)16(22-12)15(14)11(6-2)21-10;1-4-11-15-13-7-9(6-10(18)8-14(19)20-3)17(22-13)16(15)12(5-2)21-11/h11-14,16-19H,3-10H2,1-2H3;11-14,16-18H,6-10H2,1-5H3;10-13,15-17,20H,5-9H2,1-4H3;9-12,14-16,19H,5-8H2,1-4H3;9-13,15-18H,4-8H2,1-3H3. The molecule has 0 spiro atoms. The van der Waals surface area contributed by atoms with Crippen molar-refractivity contribution in [1.82, 2.24) is 0 Å². The summed E-state index contributed by atoms with van der Waals surface area (Å²) >= 11 is 0. The molecule has 0 aromatic rings. The molecule has 16 heterocycles. The monoisotopic (exact) mass is 1610 g/mol. The van der Waals surface area contributed by atoms with Crippen LogP contribution in [0.25, 0.3) is 0 Å². The number of rotatable bonds is 27. The minimum absolute atomic E-state index is 0.00356. The number of hydrogen-bond donors (Lipinski definition) is 3. The lowest BCUT2D eigenvalue weighted by atomic mass is 9.66. The third-order valence-electron chi connectivity index (χ3n) is 30.0. The summed E-state index contributed by atoms with van der Waals surface area (Å²) in [5.74, 6) is 4.92. The summed E-state index contributed by atoms with van der Waals surface area (Å²) in [6.45, 7) is 31.8. The van der Waals surface area contributed by atoms with Crippen LogP contribution in [-0.2, 0) is 99.8 Å². The summed E-state index contributed by atoms with van der Waals surface area (Å²) in [6.07, 6.45) is 25.4. The van der Waals surface area contributed by atoms with E-state index in [0.29, 0.717) is 146 Å². The van der Waals surface area contributed by atoms with Crippen molar-refractivity contribution in [2.45, 2.75) is 422 Å². The van der Waals surface area contributed by atoms with Gasteiger partial charge >= 0.3 is 29.8 Å². The Morgan fingerprint density at radius 1 is 0.404 bits per heavy atom. The molecule has 16 fully saturated rings. The van der Waals surface area contributed by atoms with Crippen molar-refractivity contribution in [3.63, 3.8) is 0 Å². The van der Waals surface area contributed by atoms with E-state index >= 15 is 0 Å². The predicted octanol–water partition coefficient (Wildman–Crippen LogP) is 12.9. The second kappa shape index (κ2) is 38.5. The molecule has 652 valence electrons. The smallest absolute Gasteiger partial charge is 0.308 e. The lowest BCUT2D eigenvalue weighted by molar-refractivity contribution is -0.188. The van der Waals surface area contributed by atoms with Crippen molar-refractivity contribution in [2.75, 3.05) is 27.9 Å². The highest BCUT2D eigenvalue weighted by Gasteiger charge is 2.68.